The number of alkyl carbamates (subject to hydrolysis) is 1. The molecule has 0 aromatic heterocycles. The van der Waals surface area contributed by atoms with Gasteiger partial charge < -0.3 is 35.8 Å². The Morgan fingerprint density at radius 3 is 2.07 bits per heavy atom. The number of hydrogen-bond acceptors (Lipinski definition) is 8. The molecule has 3 amide bonds. The molecule has 0 fully saturated rings. The summed E-state index contributed by atoms with van der Waals surface area (Å²) < 4.78 is 10.4. The molecule has 0 radical (unpaired) electrons. The van der Waals surface area contributed by atoms with Crippen LogP contribution in [0.15, 0.2) is 54.6 Å². The zero-order valence-corrected chi connectivity index (χ0v) is 28.1. The van der Waals surface area contributed by atoms with E-state index >= 15 is 0 Å². The first-order chi connectivity index (χ1) is 21.2. The standard InChI is InChI=1S/C34H53N5O6/c1-9-23(4)29(37-32(42)44-8)31(41)36-27(21-24-15-13-12-14-16-24)28(40)22-39(33(43)45-34(5,6)7)30(35)25-17-19-26(20-18-25)38(10-2)11-3/h12-20,23,27-30,40H,9-11,21-22,35H2,1-8H3,(H,36,41)(H,37,42)/t23-,27-,28-,29-,30?/m0/s1. The second kappa shape index (κ2) is 17.6. The van der Waals surface area contributed by atoms with Gasteiger partial charge in [-0.2, -0.15) is 0 Å². The van der Waals surface area contributed by atoms with Gasteiger partial charge in [0.15, 0.2) is 0 Å². The maximum Gasteiger partial charge on any atom is 0.411 e. The van der Waals surface area contributed by atoms with Crippen molar-refractivity contribution in [3.05, 3.63) is 65.7 Å². The lowest BCUT2D eigenvalue weighted by Gasteiger charge is -2.35. The maximum atomic E-state index is 13.6. The van der Waals surface area contributed by atoms with Crippen LogP contribution in [0.3, 0.4) is 0 Å². The van der Waals surface area contributed by atoms with Gasteiger partial charge in [-0.25, -0.2) is 9.59 Å². The molecule has 0 heterocycles. The molecule has 5 atom stereocenters. The van der Waals surface area contributed by atoms with Gasteiger partial charge in [-0.15, -0.1) is 0 Å². The summed E-state index contributed by atoms with van der Waals surface area (Å²) in [6.45, 7) is 14.6. The minimum Gasteiger partial charge on any atom is -0.453 e. The summed E-state index contributed by atoms with van der Waals surface area (Å²) in [5, 5.41) is 17.2. The molecule has 2 rings (SSSR count). The summed E-state index contributed by atoms with van der Waals surface area (Å²) in [5.41, 5.74) is 8.42. The van der Waals surface area contributed by atoms with Crippen LogP contribution in [0.2, 0.25) is 0 Å². The van der Waals surface area contributed by atoms with Crippen molar-refractivity contribution in [3.63, 3.8) is 0 Å². The minimum atomic E-state index is -1.25. The molecule has 0 aliphatic rings. The third-order valence-corrected chi connectivity index (χ3v) is 7.76. The maximum absolute atomic E-state index is 13.6. The number of benzene rings is 2. The molecule has 2 aromatic carbocycles. The highest BCUT2D eigenvalue weighted by Crippen LogP contribution is 2.24. The van der Waals surface area contributed by atoms with E-state index in [1.165, 1.54) is 12.0 Å². The van der Waals surface area contributed by atoms with E-state index in [-0.39, 0.29) is 18.9 Å². The molecule has 250 valence electrons. The molecule has 0 saturated carbocycles. The molecule has 45 heavy (non-hydrogen) atoms. The van der Waals surface area contributed by atoms with E-state index in [0.717, 1.165) is 24.3 Å². The van der Waals surface area contributed by atoms with E-state index in [1.807, 2.05) is 68.4 Å². The van der Waals surface area contributed by atoms with Crippen LogP contribution in [-0.2, 0) is 20.7 Å². The molecule has 11 heteroatoms. The average molecular weight is 628 g/mol. The normalized spacial score (nSPS) is 14.7. The number of methoxy groups -OCH3 is 1. The molecule has 5 N–H and O–H groups in total. The number of aliphatic hydroxyl groups is 1. The van der Waals surface area contributed by atoms with Gasteiger partial charge in [0.1, 0.15) is 17.8 Å². The van der Waals surface area contributed by atoms with E-state index in [9.17, 15) is 19.5 Å². The lowest BCUT2D eigenvalue weighted by atomic mass is 9.96. The van der Waals surface area contributed by atoms with Crippen molar-refractivity contribution in [2.45, 2.75) is 91.3 Å². The molecule has 0 aliphatic heterocycles. The molecule has 1 unspecified atom stereocenters. The van der Waals surface area contributed by atoms with E-state index < -0.39 is 48.0 Å². The summed E-state index contributed by atoms with van der Waals surface area (Å²) in [7, 11) is 1.23. The van der Waals surface area contributed by atoms with Gasteiger partial charge in [0, 0.05) is 18.8 Å². The largest absolute Gasteiger partial charge is 0.453 e. The lowest BCUT2D eigenvalue weighted by Crippen LogP contribution is -2.57. The topological polar surface area (TPSA) is 146 Å². The number of carbonyl (C=O) groups excluding carboxylic acids is 3. The Balaban J connectivity index is 2.43. The van der Waals surface area contributed by atoms with Crippen LogP contribution in [0.25, 0.3) is 0 Å². The van der Waals surface area contributed by atoms with Crippen LogP contribution in [0.5, 0.6) is 0 Å². The number of nitrogens with two attached hydrogens (primary N) is 1. The smallest absolute Gasteiger partial charge is 0.411 e. The number of anilines is 1. The summed E-state index contributed by atoms with van der Waals surface area (Å²) >= 11 is 0. The minimum absolute atomic E-state index is 0.218. The Morgan fingerprint density at radius 2 is 1.56 bits per heavy atom. The van der Waals surface area contributed by atoms with Crippen molar-refractivity contribution in [2.75, 3.05) is 31.6 Å². The highest BCUT2D eigenvalue weighted by atomic mass is 16.6. The number of nitrogens with zero attached hydrogens (tertiary/aromatic N) is 2. The number of aliphatic hydroxyl groups excluding tert-OH is 1. The predicted molar refractivity (Wildman–Crippen MR) is 177 cm³/mol. The third-order valence-electron chi connectivity index (χ3n) is 7.76. The second-order valence-corrected chi connectivity index (χ2v) is 12.2. The highest BCUT2D eigenvalue weighted by molar-refractivity contribution is 5.86. The Hall–Kier alpha value is -3.83. The van der Waals surface area contributed by atoms with Gasteiger partial charge in [0.25, 0.3) is 0 Å². The Morgan fingerprint density at radius 1 is 0.956 bits per heavy atom. The van der Waals surface area contributed by atoms with Gasteiger partial charge in [-0.05, 0) is 70.2 Å². The molecule has 0 spiro atoms. The van der Waals surface area contributed by atoms with Gasteiger partial charge in [-0.1, -0.05) is 62.7 Å². The Bertz CT molecular complexity index is 1200. The summed E-state index contributed by atoms with van der Waals surface area (Å²) in [6.07, 6.45) is -2.75. The molecule has 0 bridgehead atoms. The first kappa shape index (κ1) is 37.4. The number of amides is 3. The second-order valence-electron chi connectivity index (χ2n) is 12.2. The van der Waals surface area contributed by atoms with Crippen molar-refractivity contribution in [1.29, 1.82) is 0 Å². The highest BCUT2D eigenvalue weighted by Gasteiger charge is 2.34. The molecule has 2 aromatic rings. The zero-order valence-electron chi connectivity index (χ0n) is 28.1. The Kier molecular flexibility index (Phi) is 14.6. The number of hydrogen-bond donors (Lipinski definition) is 4. The molecule has 0 aliphatic carbocycles. The van der Waals surface area contributed by atoms with Crippen LogP contribution < -0.4 is 21.3 Å². The predicted octanol–water partition coefficient (Wildman–Crippen LogP) is 4.59. The number of ether oxygens (including phenoxy) is 2. The van der Waals surface area contributed by atoms with E-state index in [0.29, 0.717) is 12.0 Å². The molecular weight excluding hydrogens is 574 g/mol. The van der Waals surface area contributed by atoms with Crippen LogP contribution in [-0.4, -0.2) is 78.6 Å². The number of nitrogens with one attached hydrogen (secondary N) is 2. The van der Waals surface area contributed by atoms with Crippen LogP contribution in [0, 0.1) is 5.92 Å². The van der Waals surface area contributed by atoms with Crippen LogP contribution in [0.4, 0.5) is 15.3 Å². The molecular formula is C34H53N5O6. The van der Waals surface area contributed by atoms with E-state index in [1.54, 1.807) is 20.8 Å². The zero-order chi connectivity index (χ0) is 33.7. The fourth-order valence-corrected chi connectivity index (χ4v) is 4.91. The van der Waals surface area contributed by atoms with Gasteiger partial charge >= 0.3 is 12.2 Å². The molecule has 0 saturated heterocycles. The Labute approximate surface area is 268 Å². The van der Waals surface area contributed by atoms with Crippen LogP contribution >= 0.6 is 0 Å². The fourth-order valence-electron chi connectivity index (χ4n) is 4.91. The van der Waals surface area contributed by atoms with Crippen molar-refractivity contribution in [3.8, 4) is 0 Å². The van der Waals surface area contributed by atoms with Crippen molar-refractivity contribution >= 4 is 23.8 Å². The quantitative estimate of drug-likeness (QED) is 0.210. The first-order valence-corrected chi connectivity index (χ1v) is 15.7. The third kappa shape index (κ3) is 11.6. The first-order valence-electron chi connectivity index (χ1n) is 15.7. The number of rotatable bonds is 15. The average Bonchev–Trinajstić information content (AvgIpc) is 3.01. The summed E-state index contributed by atoms with van der Waals surface area (Å²) in [4.78, 5) is 42.6. The fraction of sp³-hybridized carbons (Fsp3) is 0.559. The van der Waals surface area contributed by atoms with Crippen molar-refractivity contribution < 1.29 is 29.0 Å². The van der Waals surface area contributed by atoms with E-state index in [4.69, 9.17) is 15.2 Å². The number of carbonyl (C=O) groups is 3. The lowest BCUT2D eigenvalue weighted by molar-refractivity contribution is -0.126. The SMILES string of the molecule is CC[C@H](C)[C@H](NC(=O)OC)C(=O)N[C@@H](Cc1ccccc1)[C@@H](O)CN(C(=O)OC(C)(C)C)C(N)c1ccc(N(CC)CC)cc1. The van der Waals surface area contributed by atoms with Gasteiger partial charge in [0.05, 0.1) is 25.8 Å². The van der Waals surface area contributed by atoms with Crippen molar-refractivity contribution in [1.82, 2.24) is 15.5 Å². The van der Waals surface area contributed by atoms with Crippen molar-refractivity contribution in [2.24, 2.45) is 11.7 Å². The van der Waals surface area contributed by atoms with Gasteiger partial charge in [-0.3, -0.25) is 9.69 Å². The van der Waals surface area contributed by atoms with E-state index in [2.05, 4.69) is 29.4 Å². The van der Waals surface area contributed by atoms with Gasteiger partial charge in [0.2, 0.25) is 5.91 Å². The molecule has 11 nitrogen and oxygen atoms in total. The summed E-state index contributed by atoms with van der Waals surface area (Å²) in [5.74, 6) is -0.695. The monoisotopic (exact) mass is 627 g/mol. The van der Waals surface area contributed by atoms with Crippen LogP contribution in [0.1, 0.15) is 72.2 Å². The summed E-state index contributed by atoms with van der Waals surface area (Å²) in [6, 6.07) is 15.3.